The molecule has 0 fully saturated rings. The van der Waals surface area contributed by atoms with Crippen LogP contribution in [0.3, 0.4) is 0 Å². The van der Waals surface area contributed by atoms with Gasteiger partial charge in [-0.05, 0) is 30.3 Å². The van der Waals surface area contributed by atoms with E-state index in [1.54, 1.807) is 37.6 Å². The Kier molecular flexibility index (Phi) is 9.23. The van der Waals surface area contributed by atoms with Crippen LogP contribution in [0.4, 0.5) is 13.2 Å². The molecule has 0 unspecified atom stereocenters. The normalized spacial score (nSPS) is 11.1. The lowest BCUT2D eigenvalue weighted by molar-refractivity contribution is -0.0499. The van der Waals surface area contributed by atoms with Gasteiger partial charge in [0.25, 0.3) is 0 Å². The van der Waals surface area contributed by atoms with Crippen molar-refractivity contribution in [3.05, 3.63) is 66.5 Å². The predicted molar refractivity (Wildman–Crippen MR) is 130 cm³/mol. The largest absolute Gasteiger partial charge is 0.534 e. The highest BCUT2D eigenvalue weighted by Gasteiger charge is 2.48. The Morgan fingerprint density at radius 2 is 1.32 bits per heavy atom. The molecule has 37 heavy (non-hydrogen) atoms. The van der Waals surface area contributed by atoms with Crippen LogP contribution in [0.15, 0.2) is 60.9 Å². The second kappa shape index (κ2) is 11.7. The van der Waals surface area contributed by atoms with E-state index < -0.39 is 21.4 Å². The number of pyridine rings is 2. The summed E-state index contributed by atoms with van der Waals surface area (Å²) in [5.41, 5.74) is -4.02. The van der Waals surface area contributed by atoms with Crippen LogP contribution < -0.4 is 13.7 Å². The molecule has 13 heteroatoms. The van der Waals surface area contributed by atoms with Crippen molar-refractivity contribution >= 4 is 37.9 Å². The lowest BCUT2D eigenvalue weighted by Gasteiger charge is -2.11. The number of hydrogen-bond acceptors (Lipinski definition) is 9. The molecule has 198 valence electrons. The summed E-state index contributed by atoms with van der Waals surface area (Å²) in [5, 5.41) is 0.885. The van der Waals surface area contributed by atoms with Crippen LogP contribution >= 0.6 is 0 Å². The lowest BCUT2D eigenvalue weighted by Crippen LogP contribution is -2.28. The van der Waals surface area contributed by atoms with Gasteiger partial charge in [-0.2, -0.15) is 21.6 Å². The maximum absolute atomic E-state index is 12.3. The van der Waals surface area contributed by atoms with Crippen molar-refractivity contribution in [2.45, 2.75) is 12.9 Å². The Labute approximate surface area is 210 Å². The topological polar surface area (TPSA) is 114 Å². The Morgan fingerprint density at radius 1 is 0.811 bits per heavy atom. The molecule has 0 aliphatic carbocycles. The number of ether oxygens (including phenoxy) is 3. The number of carbonyl (C=O) groups excluding carboxylic acids is 1. The van der Waals surface area contributed by atoms with E-state index in [1.807, 2.05) is 0 Å². The van der Waals surface area contributed by atoms with E-state index in [9.17, 15) is 26.4 Å². The van der Waals surface area contributed by atoms with E-state index >= 15 is 0 Å². The van der Waals surface area contributed by atoms with Gasteiger partial charge in [-0.3, -0.25) is 9.97 Å². The van der Waals surface area contributed by atoms with Crippen molar-refractivity contribution in [2.75, 3.05) is 21.3 Å². The zero-order valence-corrected chi connectivity index (χ0v) is 19.9. The van der Waals surface area contributed by atoms with Crippen molar-refractivity contribution in [3.63, 3.8) is 0 Å². The van der Waals surface area contributed by atoms with E-state index in [4.69, 9.17) is 14.2 Å². The molecule has 0 saturated carbocycles. The second-order valence-corrected chi connectivity index (χ2v) is 8.45. The summed E-state index contributed by atoms with van der Waals surface area (Å²) in [6.45, 7) is 0. The number of esters is 1. The van der Waals surface area contributed by atoms with Crippen molar-refractivity contribution in [1.29, 1.82) is 0 Å². The lowest BCUT2D eigenvalue weighted by atomic mass is 10.1. The number of aromatic nitrogens is 2. The van der Waals surface area contributed by atoms with Crippen LogP contribution in [0, 0.1) is 0 Å². The highest BCUT2D eigenvalue weighted by atomic mass is 32.2. The molecule has 0 spiro atoms. The molecule has 2 aromatic heterocycles. The second-order valence-electron chi connectivity index (χ2n) is 6.91. The van der Waals surface area contributed by atoms with Gasteiger partial charge in [0, 0.05) is 41.4 Å². The summed E-state index contributed by atoms with van der Waals surface area (Å²) in [6.07, 6.45) is 2.72. The third-order valence-corrected chi connectivity index (χ3v) is 5.71. The van der Waals surface area contributed by atoms with Gasteiger partial charge in [0.05, 0.1) is 37.9 Å². The van der Waals surface area contributed by atoms with Gasteiger partial charge in [0.2, 0.25) is 0 Å². The van der Waals surface area contributed by atoms with Gasteiger partial charge in [-0.25, -0.2) is 4.79 Å². The summed E-state index contributed by atoms with van der Waals surface area (Å²) >= 11 is 0. The summed E-state index contributed by atoms with van der Waals surface area (Å²) < 4.78 is 77.7. The fourth-order valence-corrected chi connectivity index (χ4v) is 3.49. The summed E-state index contributed by atoms with van der Waals surface area (Å²) in [4.78, 5) is 19.6. The predicted octanol–water partition coefficient (Wildman–Crippen LogP) is 5.14. The minimum absolute atomic E-state index is 0. The van der Waals surface area contributed by atoms with Crippen LogP contribution in [-0.2, 0) is 14.9 Å². The Morgan fingerprint density at radius 3 is 1.84 bits per heavy atom. The van der Waals surface area contributed by atoms with Crippen LogP contribution in [-0.4, -0.2) is 51.2 Å². The molecule has 4 aromatic rings. The molecule has 0 atom stereocenters. The minimum atomic E-state index is -5.72. The average molecular weight is 541 g/mol. The quantitative estimate of drug-likeness (QED) is 0.193. The SMILES string of the molecule is C.COC(=O)c1ccnc2cc(OC)ccc12.COc1ccc2c(OS(=O)(=O)C(F)(F)F)ccnc2c1. The number of carbonyl (C=O) groups is 1. The first-order valence-corrected chi connectivity index (χ1v) is 11.4. The third-order valence-electron chi connectivity index (χ3n) is 4.75. The van der Waals surface area contributed by atoms with E-state index in [0.717, 1.165) is 17.6 Å². The van der Waals surface area contributed by atoms with E-state index in [-0.39, 0.29) is 24.3 Å². The maximum Gasteiger partial charge on any atom is 0.534 e. The Balaban J connectivity index is 0.000000259. The van der Waals surface area contributed by atoms with Gasteiger partial charge >= 0.3 is 21.6 Å². The van der Waals surface area contributed by atoms with E-state index in [0.29, 0.717) is 22.6 Å². The Bertz CT molecular complexity index is 1510. The third kappa shape index (κ3) is 6.55. The van der Waals surface area contributed by atoms with Crippen LogP contribution in [0.2, 0.25) is 0 Å². The molecule has 0 saturated heterocycles. The zero-order valence-electron chi connectivity index (χ0n) is 19.1. The molecular formula is C24H23F3N2O7S. The molecular weight excluding hydrogens is 517 g/mol. The van der Waals surface area contributed by atoms with Crippen molar-refractivity contribution < 1.29 is 44.8 Å². The minimum Gasteiger partial charge on any atom is -0.497 e. The molecule has 0 aliphatic heterocycles. The first-order valence-electron chi connectivity index (χ1n) is 9.95. The van der Waals surface area contributed by atoms with Crippen LogP contribution in [0.5, 0.6) is 17.2 Å². The van der Waals surface area contributed by atoms with E-state index in [1.165, 1.54) is 32.4 Å². The smallest absolute Gasteiger partial charge is 0.497 e. The average Bonchev–Trinajstić information content (AvgIpc) is 2.86. The van der Waals surface area contributed by atoms with Crippen LogP contribution in [0.25, 0.3) is 21.8 Å². The first-order chi connectivity index (χ1) is 17.0. The van der Waals surface area contributed by atoms with Crippen molar-refractivity contribution in [1.82, 2.24) is 9.97 Å². The monoisotopic (exact) mass is 540 g/mol. The highest BCUT2D eigenvalue weighted by molar-refractivity contribution is 7.88. The summed E-state index contributed by atoms with van der Waals surface area (Å²) in [7, 11) is -1.36. The number of fused-ring (bicyclic) bond motifs is 2. The van der Waals surface area contributed by atoms with E-state index in [2.05, 4.69) is 14.2 Å². The fraction of sp³-hybridized carbons (Fsp3) is 0.208. The molecule has 2 aromatic carbocycles. The molecule has 2 heterocycles. The molecule has 0 bridgehead atoms. The summed E-state index contributed by atoms with van der Waals surface area (Å²) in [5.74, 6) is 0.329. The zero-order chi connectivity index (χ0) is 26.5. The van der Waals surface area contributed by atoms with Gasteiger partial charge in [-0.15, -0.1) is 0 Å². The number of halogens is 3. The number of hydrogen-bond donors (Lipinski definition) is 0. The maximum atomic E-state index is 12.3. The fourth-order valence-electron chi connectivity index (χ4n) is 3.01. The molecule has 0 aliphatic rings. The number of rotatable bonds is 5. The first kappa shape index (κ1) is 29.1. The number of benzene rings is 2. The van der Waals surface area contributed by atoms with Gasteiger partial charge in [-0.1, -0.05) is 7.43 Å². The standard InChI is InChI=1S/C12H11NO3.C11H8F3NO4S.CH4/c1-15-8-3-4-9-10(12(14)16-2)5-6-13-11(9)7-8;1-18-7-2-3-8-9(6-7)15-5-4-10(8)19-20(16,17)11(12,13)14;/h3-7H,1-2H3;2-6H,1H3;1H4. The van der Waals surface area contributed by atoms with Crippen molar-refractivity contribution in [3.8, 4) is 17.2 Å². The van der Waals surface area contributed by atoms with Crippen LogP contribution in [0.1, 0.15) is 17.8 Å². The van der Waals surface area contributed by atoms with Crippen molar-refractivity contribution in [2.24, 2.45) is 0 Å². The molecule has 0 amide bonds. The Hall–Kier alpha value is -4.13. The highest BCUT2D eigenvalue weighted by Crippen LogP contribution is 2.32. The molecule has 0 radical (unpaired) electrons. The summed E-state index contributed by atoms with van der Waals surface area (Å²) in [6, 6.07) is 12.3. The molecule has 4 rings (SSSR count). The number of alkyl halides is 3. The van der Waals surface area contributed by atoms with Gasteiger partial charge in [0.15, 0.2) is 5.75 Å². The molecule has 0 N–H and O–H groups in total. The number of nitrogens with zero attached hydrogens (tertiary/aromatic N) is 2. The van der Waals surface area contributed by atoms with Gasteiger partial charge < -0.3 is 18.4 Å². The molecule has 9 nitrogen and oxygen atoms in total. The number of methoxy groups -OCH3 is 3. The van der Waals surface area contributed by atoms with Gasteiger partial charge in [0.1, 0.15) is 11.5 Å².